The average molecular weight is 231 g/mol. The number of carbonyl (C=O) groups excluding carboxylic acids is 1. The molecular weight excluding hydrogens is 216 g/mol. The molecule has 1 aromatic rings. The Hall–Kier alpha value is -2.02. The molecule has 0 radical (unpaired) electrons. The van der Waals surface area contributed by atoms with Gasteiger partial charge >= 0.3 is 0 Å². The van der Waals surface area contributed by atoms with Crippen LogP contribution in [0, 0.1) is 25.2 Å². The van der Waals surface area contributed by atoms with E-state index in [1.165, 1.54) is 6.08 Å². The first-order chi connectivity index (χ1) is 8.01. The van der Waals surface area contributed by atoms with E-state index in [0.717, 1.165) is 29.9 Å². The highest BCUT2D eigenvalue weighted by Gasteiger charge is 2.07. The molecule has 0 amide bonds. The molecule has 4 heteroatoms. The van der Waals surface area contributed by atoms with Gasteiger partial charge in [-0.3, -0.25) is 0 Å². The van der Waals surface area contributed by atoms with Crippen LogP contribution in [0.5, 0.6) is 0 Å². The number of aliphatic carboxylic acids is 1. The van der Waals surface area contributed by atoms with Crippen LogP contribution in [0.15, 0.2) is 11.6 Å². The number of carboxylic acid groups (broad SMARTS) is 1. The molecule has 0 aliphatic heterocycles. The maximum absolute atomic E-state index is 10.7. The zero-order chi connectivity index (χ0) is 13.0. The van der Waals surface area contributed by atoms with Crippen LogP contribution in [0.1, 0.15) is 30.3 Å². The third kappa shape index (κ3) is 2.76. The number of hydrogen-bond donors (Lipinski definition) is 0. The minimum atomic E-state index is -1.44. The van der Waals surface area contributed by atoms with Crippen LogP contribution < -0.4 is 5.11 Å². The van der Waals surface area contributed by atoms with Crippen molar-refractivity contribution in [1.82, 2.24) is 4.57 Å². The Kier molecular flexibility index (Phi) is 4.11. The smallest absolute Gasteiger partial charge is 0.101 e. The Bertz CT molecular complexity index is 504. The van der Waals surface area contributed by atoms with Crippen molar-refractivity contribution >= 4 is 12.0 Å². The van der Waals surface area contributed by atoms with Gasteiger partial charge in [-0.2, -0.15) is 5.26 Å². The Labute approximate surface area is 101 Å². The highest BCUT2D eigenvalue weighted by atomic mass is 16.4. The normalized spacial score (nSPS) is 11.3. The fraction of sp³-hybridized carbons (Fsp3) is 0.385. The van der Waals surface area contributed by atoms with E-state index in [-0.39, 0.29) is 5.57 Å². The summed E-state index contributed by atoms with van der Waals surface area (Å²) in [5.41, 5.74) is 2.45. The quantitative estimate of drug-likeness (QED) is 0.577. The molecule has 0 atom stereocenters. The second-order valence-electron chi connectivity index (χ2n) is 3.94. The van der Waals surface area contributed by atoms with Crippen molar-refractivity contribution in [3.05, 3.63) is 28.6 Å². The first-order valence-electron chi connectivity index (χ1n) is 5.51. The van der Waals surface area contributed by atoms with Crippen LogP contribution in [0.4, 0.5) is 0 Å². The van der Waals surface area contributed by atoms with E-state index in [1.807, 2.05) is 19.9 Å². The van der Waals surface area contributed by atoms with Crippen molar-refractivity contribution in [3.63, 3.8) is 0 Å². The second kappa shape index (κ2) is 5.35. The molecular formula is C13H15N2O2-. The Balaban J connectivity index is 3.21. The summed E-state index contributed by atoms with van der Waals surface area (Å²) in [5, 5.41) is 19.3. The lowest BCUT2D eigenvalue weighted by molar-refractivity contribution is -0.298. The van der Waals surface area contributed by atoms with Gasteiger partial charge < -0.3 is 14.5 Å². The van der Waals surface area contributed by atoms with Gasteiger partial charge in [0.1, 0.15) is 6.07 Å². The zero-order valence-corrected chi connectivity index (χ0v) is 10.3. The van der Waals surface area contributed by atoms with Crippen molar-refractivity contribution in [1.29, 1.82) is 5.26 Å². The third-order valence-electron chi connectivity index (χ3n) is 2.70. The second-order valence-corrected chi connectivity index (χ2v) is 3.94. The van der Waals surface area contributed by atoms with E-state index in [2.05, 4.69) is 11.5 Å². The minimum Gasteiger partial charge on any atom is -0.544 e. The summed E-state index contributed by atoms with van der Waals surface area (Å²) in [6, 6.07) is 3.51. The number of hydrogen-bond acceptors (Lipinski definition) is 3. The number of aromatic nitrogens is 1. The van der Waals surface area contributed by atoms with Crippen LogP contribution >= 0.6 is 0 Å². The molecule has 1 rings (SSSR count). The summed E-state index contributed by atoms with van der Waals surface area (Å²) in [4.78, 5) is 10.7. The van der Waals surface area contributed by atoms with E-state index in [9.17, 15) is 9.90 Å². The van der Waals surface area contributed by atoms with Crippen molar-refractivity contribution < 1.29 is 9.90 Å². The highest BCUT2D eigenvalue weighted by Crippen LogP contribution is 2.18. The van der Waals surface area contributed by atoms with Crippen LogP contribution in [-0.2, 0) is 11.3 Å². The van der Waals surface area contributed by atoms with Gasteiger partial charge in [0.05, 0.1) is 11.5 Å². The number of nitriles is 1. The van der Waals surface area contributed by atoms with Crippen molar-refractivity contribution in [3.8, 4) is 6.07 Å². The molecule has 1 heterocycles. The lowest BCUT2D eigenvalue weighted by Gasteiger charge is -2.07. The number of carboxylic acids is 1. The van der Waals surface area contributed by atoms with Crippen LogP contribution in [0.3, 0.4) is 0 Å². The lowest BCUT2D eigenvalue weighted by atomic mass is 10.1. The monoisotopic (exact) mass is 231 g/mol. The molecule has 0 spiro atoms. The summed E-state index contributed by atoms with van der Waals surface area (Å²) in [5.74, 6) is -1.44. The molecule has 0 saturated heterocycles. The van der Waals surface area contributed by atoms with Gasteiger partial charge in [0.25, 0.3) is 0 Å². The maximum Gasteiger partial charge on any atom is 0.101 e. The molecule has 4 nitrogen and oxygen atoms in total. The van der Waals surface area contributed by atoms with Gasteiger partial charge in [-0.1, -0.05) is 6.92 Å². The summed E-state index contributed by atoms with van der Waals surface area (Å²) in [7, 11) is 0. The molecule has 0 aromatic carbocycles. The Morgan fingerprint density at radius 1 is 1.59 bits per heavy atom. The first kappa shape index (κ1) is 13.0. The van der Waals surface area contributed by atoms with E-state index in [1.54, 1.807) is 6.07 Å². The number of nitrogens with zero attached hydrogens (tertiary/aromatic N) is 2. The summed E-state index contributed by atoms with van der Waals surface area (Å²) in [6.07, 6.45) is 2.37. The summed E-state index contributed by atoms with van der Waals surface area (Å²) >= 11 is 0. The third-order valence-corrected chi connectivity index (χ3v) is 2.70. The Morgan fingerprint density at radius 3 is 2.71 bits per heavy atom. The predicted octanol–water partition coefficient (Wildman–Crippen LogP) is 1.17. The maximum atomic E-state index is 10.7. The largest absolute Gasteiger partial charge is 0.544 e. The molecule has 0 fully saturated rings. The molecule has 0 aliphatic rings. The summed E-state index contributed by atoms with van der Waals surface area (Å²) in [6.45, 7) is 6.85. The summed E-state index contributed by atoms with van der Waals surface area (Å²) < 4.78 is 2.11. The van der Waals surface area contributed by atoms with E-state index in [4.69, 9.17) is 5.26 Å². The molecule has 17 heavy (non-hydrogen) atoms. The van der Waals surface area contributed by atoms with Crippen molar-refractivity contribution in [2.24, 2.45) is 0 Å². The lowest BCUT2D eigenvalue weighted by Crippen LogP contribution is -2.23. The van der Waals surface area contributed by atoms with Crippen LogP contribution in [0.25, 0.3) is 6.08 Å². The van der Waals surface area contributed by atoms with Gasteiger partial charge in [-0.15, -0.1) is 0 Å². The Morgan fingerprint density at radius 2 is 2.24 bits per heavy atom. The molecule has 0 aliphatic carbocycles. The first-order valence-corrected chi connectivity index (χ1v) is 5.51. The fourth-order valence-corrected chi connectivity index (χ4v) is 1.83. The van der Waals surface area contributed by atoms with Crippen LogP contribution in [-0.4, -0.2) is 10.5 Å². The topological polar surface area (TPSA) is 68.8 Å². The molecule has 0 bridgehead atoms. The van der Waals surface area contributed by atoms with E-state index >= 15 is 0 Å². The van der Waals surface area contributed by atoms with Crippen molar-refractivity contribution in [2.45, 2.75) is 33.7 Å². The molecule has 1 aromatic heterocycles. The van der Waals surface area contributed by atoms with E-state index < -0.39 is 5.97 Å². The predicted molar refractivity (Wildman–Crippen MR) is 62.8 cm³/mol. The SMILES string of the molecule is CCCn1c(C)cc(/C=C(/C#N)C(=O)[O-])c1C. The number of rotatable bonds is 4. The van der Waals surface area contributed by atoms with Gasteiger partial charge in [0.2, 0.25) is 0 Å². The van der Waals surface area contributed by atoms with Gasteiger partial charge in [0, 0.05) is 17.9 Å². The molecule has 90 valence electrons. The van der Waals surface area contributed by atoms with Crippen molar-refractivity contribution in [2.75, 3.05) is 0 Å². The van der Waals surface area contributed by atoms with Gasteiger partial charge in [0.15, 0.2) is 0 Å². The standard InChI is InChI=1S/C13H16N2O2/c1-4-5-15-9(2)6-11(10(15)3)7-12(8-14)13(16)17/h6-7H,4-5H2,1-3H3,(H,16,17)/p-1/b12-7-. The molecule has 0 saturated carbocycles. The zero-order valence-electron chi connectivity index (χ0n) is 10.3. The average Bonchev–Trinajstić information content (AvgIpc) is 2.53. The van der Waals surface area contributed by atoms with Gasteiger partial charge in [-0.05, 0) is 38.0 Å². The fourth-order valence-electron chi connectivity index (χ4n) is 1.83. The molecule has 0 N–H and O–H groups in total. The molecule has 0 unspecified atom stereocenters. The van der Waals surface area contributed by atoms with E-state index in [0.29, 0.717) is 0 Å². The number of aryl methyl sites for hydroxylation is 1. The van der Waals surface area contributed by atoms with Gasteiger partial charge in [-0.25, -0.2) is 0 Å². The highest BCUT2D eigenvalue weighted by molar-refractivity contribution is 5.95. The van der Waals surface area contributed by atoms with Crippen LogP contribution in [0.2, 0.25) is 0 Å². The minimum absolute atomic E-state index is 0.346. The number of carbonyl (C=O) groups is 1.